The minimum absolute atomic E-state index is 0.403. The Kier molecular flexibility index (Phi) is 4.47. The Labute approximate surface area is 116 Å². The third-order valence-corrected chi connectivity index (χ3v) is 4.51. The van der Waals surface area contributed by atoms with E-state index in [1.54, 1.807) is 0 Å². The highest BCUT2D eigenvalue weighted by Crippen LogP contribution is 2.38. The van der Waals surface area contributed by atoms with Crippen LogP contribution in [-0.2, 0) is 0 Å². The Morgan fingerprint density at radius 2 is 2.29 bits per heavy atom. The van der Waals surface area contributed by atoms with E-state index in [-0.39, 0.29) is 0 Å². The Balaban J connectivity index is 2.34. The van der Waals surface area contributed by atoms with Crippen LogP contribution in [-0.4, -0.2) is 25.0 Å². The molecule has 1 aromatic carbocycles. The van der Waals surface area contributed by atoms with Crippen LogP contribution in [0.5, 0.6) is 0 Å². The second kappa shape index (κ2) is 5.70. The molecule has 17 heavy (non-hydrogen) atoms. The first-order valence-corrected chi connectivity index (χ1v) is 7.16. The van der Waals surface area contributed by atoms with E-state index in [1.165, 1.54) is 18.4 Å². The Morgan fingerprint density at radius 1 is 1.53 bits per heavy atom. The second-order valence-corrected chi connectivity index (χ2v) is 6.02. The number of nitrogens with zero attached hydrogens (tertiary/aromatic N) is 1. The molecule has 1 aromatic rings. The van der Waals surface area contributed by atoms with Crippen molar-refractivity contribution in [2.24, 2.45) is 11.7 Å². The van der Waals surface area contributed by atoms with Gasteiger partial charge in [0, 0.05) is 15.5 Å². The molecule has 2 unspecified atom stereocenters. The molecule has 1 heterocycles. The standard InChI is InChI=1S/C13H18BrClN2/c1-17-6-2-3-9(8-16)13(17)11-5-4-10(15)7-12(11)14/h4-5,7,9,13H,2-3,6,8,16H2,1H3. The summed E-state index contributed by atoms with van der Waals surface area (Å²) in [6.45, 7) is 1.88. The smallest absolute Gasteiger partial charge is 0.0417 e. The van der Waals surface area contributed by atoms with Gasteiger partial charge in [-0.1, -0.05) is 33.6 Å². The number of benzene rings is 1. The molecule has 2 atom stereocenters. The number of hydrogen-bond donors (Lipinski definition) is 1. The Morgan fingerprint density at radius 3 is 2.94 bits per heavy atom. The summed E-state index contributed by atoms with van der Waals surface area (Å²) in [5, 5.41) is 0.767. The first kappa shape index (κ1) is 13.3. The number of piperidine rings is 1. The van der Waals surface area contributed by atoms with Gasteiger partial charge in [0.05, 0.1) is 0 Å². The van der Waals surface area contributed by atoms with Gasteiger partial charge in [0.1, 0.15) is 0 Å². The van der Waals surface area contributed by atoms with E-state index in [0.29, 0.717) is 12.0 Å². The Bertz CT molecular complexity index is 397. The minimum Gasteiger partial charge on any atom is -0.330 e. The van der Waals surface area contributed by atoms with Crippen LogP contribution in [0, 0.1) is 5.92 Å². The van der Waals surface area contributed by atoms with Gasteiger partial charge in [0.2, 0.25) is 0 Å². The van der Waals surface area contributed by atoms with Gasteiger partial charge in [-0.25, -0.2) is 0 Å². The molecule has 0 saturated carbocycles. The van der Waals surface area contributed by atoms with Crippen molar-refractivity contribution in [2.75, 3.05) is 20.1 Å². The maximum absolute atomic E-state index is 5.99. The molecule has 0 aromatic heterocycles. The van der Waals surface area contributed by atoms with E-state index in [9.17, 15) is 0 Å². The predicted octanol–water partition coefficient (Wildman–Crippen LogP) is 3.44. The van der Waals surface area contributed by atoms with Crippen LogP contribution >= 0.6 is 27.5 Å². The van der Waals surface area contributed by atoms with Gasteiger partial charge in [-0.2, -0.15) is 0 Å². The fourth-order valence-corrected chi connectivity index (χ4v) is 3.66. The van der Waals surface area contributed by atoms with Crippen molar-refractivity contribution in [3.63, 3.8) is 0 Å². The van der Waals surface area contributed by atoms with Crippen LogP contribution in [0.1, 0.15) is 24.4 Å². The van der Waals surface area contributed by atoms with Crippen molar-refractivity contribution in [1.29, 1.82) is 0 Å². The fraction of sp³-hybridized carbons (Fsp3) is 0.538. The molecule has 0 radical (unpaired) electrons. The highest BCUT2D eigenvalue weighted by molar-refractivity contribution is 9.10. The third-order valence-electron chi connectivity index (χ3n) is 3.59. The quantitative estimate of drug-likeness (QED) is 0.905. The van der Waals surface area contributed by atoms with Gasteiger partial charge in [-0.3, -0.25) is 4.90 Å². The largest absolute Gasteiger partial charge is 0.330 e. The summed E-state index contributed by atoms with van der Waals surface area (Å²) < 4.78 is 1.09. The van der Waals surface area contributed by atoms with Crippen molar-refractivity contribution in [3.8, 4) is 0 Å². The number of rotatable bonds is 2. The number of nitrogens with two attached hydrogens (primary N) is 1. The van der Waals surface area contributed by atoms with Crippen LogP contribution in [0.2, 0.25) is 5.02 Å². The number of halogens is 2. The zero-order chi connectivity index (χ0) is 12.4. The molecule has 1 aliphatic rings. The number of hydrogen-bond acceptors (Lipinski definition) is 2. The predicted molar refractivity (Wildman–Crippen MR) is 76.3 cm³/mol. The second-order valence-electron chi connectivity index (χ2n) is 4.73. The molecule has 1 aliphatic heterocycles. The summed E-state index contributed by atoms with van der Waals surface area (Å²) in [4.78, 5) is 2.40. The van der Waals surface area contributed by atoms with Crippen LogP contribution in [0.3, 0.4) is 0 Å². The maximum atomic E-state index is 5.99. The molecule has 1 fully saturated rings. The summed E-state index contributed by atoms with van der Waals surface area (Å²) in [5.41, 5.74) is 7.20. The topological polar surface area (TPSA) is 29.3 Å². The van der Waals surface area contributed by atoms with E-state index in [2.05, 4.69) is 33.9 Å². The molecule has 4 heteroatoms. The molecule has 94 valence electrons. The molecular weight excluding hydrogens is 300 g/mol. The molecular formula is C13H18BrClN2. The lowest BCUT2D eigenvalue weighted by Gasteiger charge is -2.39. The monoisotopic (exact) mass is 316 g/mol. The molecule has 2 N–H and O–H groups in total. The van der Waals surface area contributed by atoms with E-state index in [4.69, 9.17) is 17.3 Å². The van der Waals surface area contributed by atoms with E-state index >= 15 is 0 Å². The van der Waals surface area contributed by atoms with Gasteiger partial charge in [0.15, 0.2) is 0 Å². The van der Waals surface area contributed by atoms with Gasteiger partial charge >= 0.3 is 0 Å². The molecule has 2 rings (SSSR count). The lowest BCUT2D eigenvalue weighted by Crippen LogP contribution is -2.39. The molecule has 1 saturated heterocycles. The van der Waals surface area contributed by atoms with Crippen molar-refractivity contribution < 1.29 is 0 Å². The van der Waals surface area contributed by atoms with E-state index in [1.807, 2.05) is 12.1 Å². The third kappa shape index (κ3) is 2.84. The van der Waals surface area contributed by atoms with Gasteiger partial charge in [-0.15, -0.1) is 0 Å². The summed E-state index contributed by atoms with van der Waals surface area (Å²) in [5.74, 6) is 0.534. The fourth-order valence-electron chi connectivity index (χ4n) is 2.74. The SMILES string of the molecule is CN1CCCC(CN)C1c1ccc(Cl)cc1Br. The highest BCUT2D eigenvalue weighted by Gasteiger charge is 2.30. The zero-order valence-corrected chi connectivity index (χ0v) is 12.3. The van der Waals surface area contributed by atoms with Gasteiger partial charge in [-0.05, 0) is 56.6 Å². The summed E-state index contributed by atoms with van der Waals surface area (Å²) in [6.07, 6.45) is 2.45. The molecule has 0 aliphatic carbocycles. The molecule has 2 nitrogen and oxygen atoms in total. The average molecular weight is 318 g/mol. The van der Waals surface area contributed by atoms with Gasteiger partial charge < -0.3 is 5.73 Å². The summed E-state index contributed by atoms with van der Waals surface area (Å²) in [7, 11) is 2.17. The maximum Gasteiger partial charge on any atom is 0.0417 e. The van der Waals surface area contributed by atoms with E-state index < -0.39 is 0 Å². The zero-order valence-electron chi connectivity index (χ0n) is 10.00. The van der Waals surface area contributed by atoms with Crippen molar-refractivity contribution in [1.82, 2.24) is 4.90 Å². The lowest BCUT2D eigenvalue weighted by atomic mass is 9.85. The van der Waals surface area contributed by atoms with Crippen molar-refractivity contribution in [3.05, 3.63) is 33.3 Å². The molecule has 0 spiro atoms. The first-order valence-electron chi connectivity index (χ1n) is 5.98. The highest BCUT2D eigenvalue weighted by atomic mass is 79.9. The average Bonchev–Trinajstić information content (AvgIpc) is 2.30. The number of likely N-dealkylation sites (tertiary alicyclic amines) is 1. The van der Waals surface area contributed by atoms with Crippen LogP contribution in [0.15, 0.2) is 22.7 Å². The summed E-state index contributed by atoms with van der Waals surface area (Å²) in [6, 6.07) is 6.44. The summed E-state index contributed by atoms with van der Waals surface area (Å²) >= 11 is 9.61. The van der Waals surface area contributed by atoms with Crippen LogP contribution in [0.25, 0.3) is 0 Å². The first-order chi connectivity index (χ1) is 8.13. The van der Waals surface area contributed by atoms with Crippen LogP contribution < -0.4 is 5.73 Å². The molecule has 0 amide bonds. The molecule has 0 bridgehead atoms. The van der Waals surface area contributed by atoms with Crippen molar-refractivity contribution in [2.45, 2.75) is 18.9 Å². The van der Waals surface area contributed by atoms with Crippen LogP contribution in [0.4, 0.5) is 0 Å². The lowest BCUT2D eigenvalue weighted by molar-refractivity contribution is 0.125. The van der Waals surface area contributed by atoms with Gasteiger partial charge in [0.25, 0.3) is 0 Å². The van der Waals surface area contributed by atoms with Crippen molar-refractivity contribution >= 4 is 27.5 Å². The normalized spacial score (nSPS) is 26.1. The minimum atomic E-state index is 0.403. The van der Waals surface area contributed by atoms with E-state index in [0.717, 1.165) is 22.6 Å². The Hall–Kier alpha value is -0.0900.